The molecule has 2 saturated heterocycles. The lowest BCUT2D eigenvalue weighted by Crippen LogP contribution is -2.50. The Morgan fingerprint density at radius 1 is 0.714 bits per heavy atom. The van der Waals surface area contributed by atoms with Crippen LogP contribution in [0.1, 0.15) is 96.3 Å². The van der Waals surface area contributed by atoms with Crippen LogP contribution >= 0.6 is 15.9 Å². The molecule has 0 bridgehead atoms. The minimum atomic E-state index is 1.03. The van der Waals surface area contributed by atoms with E-state index >= 15 is 0 Å². The van der Waals surface area contributed by atoms with Crippen molar-refractivity contribution >= 4 is 15.9 Å². The summed E-state index contributed by atoms with van der Waals surface area (Å²) >= 11 is 3.53. The Morgan fingerprint density at radius 2 is 1.21 bits per heavy atom. The van der Waals surface area contributed by atoms with Gasteiger partial charge in [0.25, 0.3) is 0 Å². The van der Waals surface area contributed by atoms with Crippen LogP contribution in [0.2, 0.25) is 0 Å². The van der Waals surface area contributed by atoms with Gasteiger partial charge >= 0.3 is 0 Å². The molecule has 0 unspecified atom stereocenters. The average molecular weight is 459 g/mol. The number of hydrogen-bond donors (Lipinski definition) is 0. The first-order valence-electron chi connectivity index (χ1n) is 12.7. The molecule has 0 atom stereocenters. The van der Waals surface area contributed by atoms with Gasteiger partial charge in [0.1, 0.15) is 0 Å². The fourth-order valence-electron chi connectivity index (χ4n) is 5.45. The molecule has 2 rings (SSSR count). The summed E-state index contributed by atoms with van der Waals surface area (Å²) in [6, 6.07) is 0. The summed E-state index contributed by atoms with van der Waals surface area (Å²) in [5.74, 6) is 2.07. The van der Waals surface area contributed by atoms with E-state index in [2.05, 4.69) is 34.9 Å². The lowest BCUT2D eigenvalue weighted by Gasteiger charge is -2.41. The van der Waals surface area contributed by atoms with E-state index < -0.39 is 0 Å². The second-order valence-corrected chi connectivity index (χ2v) is 11.2. The third-order valence-electron chi connectivity index (χ3n) is 7.80. The fourth-order valence-corrected chi connectivity index (χ4v) is 5.85. The van der Waals surface area contributed by atoms with Gasteiger partial charge in [0, 0.05) is 5.33 Å². The largest absolute Gasteiger partial charge is 0.326 e. The molecule has 0 aromatic heterocycles. The summed E-state index contributed by atoms with van der Waals surface area (Å²) < 4.78 is 1.37. The van der Waals surface area contributed by atoms with E-state index in [0.717, 1.165) is 11.8 Å². The molecule has 28 heavy (non-hydrogen) atoms. The van der Waals surface area contributed by atoms with Gasteiger partial charge in [-0.2, -0.15) is 0 Å². The number of piperidine rings is 2. The Bertz CT molecular complexity index is 371. The summed E-state index contributed by atoms with van der Waals surface area (Å²) in [6.45, 7) is 7.00. The third-order valence-corrected chi connectivity index (χ3v) is 8.36. The van der Waals surface area contributed by atoms with E-state index in [4.69, 9.17) is 0 Å². The van der Waals surface area contributed by atoms with Gasteiger partial charge in [0.15, 0.2) is 0 Å². The number of halogens is 1. The molecule has 166 valence electrons. The maximum absolute atomic E-state index is 3.53. The second-order valence-electron chi connectivity index (χ2n) is 10.4. The van der Waals surface area contributed by atoms with Gasteiger partial charge < -0.3 is 9.38 Å². The summed E-state index contributed by atoms with van der Waals surface area (Å²) in [7, 11) is 4.82. The summed E-state index contributed by atoms with van der Waals surface area (Å²) in [4.78, 5) is 2.50. The van der Waals surface area contributed by atoms with Crippen LogP contribution in [0.15, 0.2) is 0 Å². The zero-order valence-corrected chi connectivity index (χ0v) is 20.9. The summed E-state index contributed by atoms with van der Waals surface area (Å²) in [5.41, 5.74) is 0. The number of alkyl halides is 1. The highest BCUT2D eigenvalue weighted by atomic mass is 79.9. The molecule has 0 saturated carbocycles. The van der Waals surface area contributed by atoms with E-state index in [9.17, 15) is 0 Å². The molecule has 0 aliphatic carbocycles. The lowest BCUT2D eigenvalue weighted by molar-refractivity contribution is -0.915. The zero-order valence-electron chi connectivity index (χ0n) is 19.3. The summed E-state index contributed by atoms with van der Waals surface area (Å²) in [5, 5.41) is 1.18. The van der Waals surface area contributed by atoms with Crippen molar-refractivity contribution in [1.29, 1.82) is 0 Å². The average Bonchev–Trinajstić information content (AvgIpc) is 2.70. The highest BCUT2D eigenvalue weighted by Crippen LogP contribution is 2.29. The van der Waals surface area contributed by atoms with Crippen molar-refractivity contribution in [3.05, 3.63) is 0 Å². The first-order valence-corrected chi connectivity index (χ1v) is 13.8. The van der Waals surface area contributed by atoms with E-state index in [-0.39, 0.29) is 0 Å². The van der Waals surface area contributed by atoms with Crippen LogP contribution in [-0.2, 0) is 0 Å². The number of nitrogens with zero attached hydrogens (tertiary/aromatic N) is 2. The van der Waals surface area contributed by atoms with E-state index in [1.165, 1.54) is 139 Å². The number of rotatable bonds is 14. The fraction of sp³-hybridized carbons (Fsp3) is 1.00. The SMILES string of the molecule is CN1CCC(CCCC2CC[N+](C)(CCCCCCCCCCBr)CC2)CC1. The molecule has 2 aliphatic rings. The molecule has 0 N–H and O–H groups in total. The molecule has 0 radical (unpaired) electrons. The highest BCUT2D eigenvalue weighted by molar-refractivity contribution is 9.09. The highest BCUT2D eigenvalue weighted by Gasteiger charge is 2.29. The molecule has 2 aliphatic heterocycles. The maximum Gasteiger partial charge on any atom is 0.0787 e. The monoisotopic (exact) mass is 457 g/mol. The van der Waals surface area contributed by atoms with E-state index in [1.54, 1.807) is 0 Å². The predicted molar refractivity (Wildman–Crippen MR) is 128 cm³/mol. The van der Waals surface area contributed by atoms with Crippen molar-refractivity contribution in [2.24, 2.45) is 11.8 Å². The van der Waals surface area contributed by atoms with Crippen molar-refractivity contribution in [3.63, 3.8) is 0 Å². The number of unbranched alkanes of at least 4 members (excludes halogenated alkanes) is 7. The van der Waals surface area contributed by atoms with Crippen molar-refractivity contribution in [3.8, 4) is 0 Å². The topological polar surface area (TPSA) is 3.24 Å². The third kappa shape index (κ3) is 10.4. The Kier molecular flexibility index (Phi) is 12.7. The Hall–Kier alpha value is 0.400. The summed E-state index contributed by atoms with van der Waals surface area (Å²) in [6.07, 6.45) is 21.9. The number of quaternary nitrogens is 1. The van der Waals surface area contributed by atoms with Gasteiger partial charge in [-0.3, -0.25) is 0 Å². The van der Waals surface area contributed by atoms with Crippen molar-refractivity contribution in [2.45, 2.75) is 96.3 Å². The number of likely N-dealkylation sites (tertiary alicyclic amines) is 2. The molecular formula is C25H50BrN2+. The minimum Gasteiger partial charge on any atom is -0.326 e. The van der Waals surface area contributed by atoms with Gasteiger partial charge in [0.2, 0.25) is 0 Å². The molecule has 0 spiro atoms. The number of hydrogen-bond acceptors (Lipinski definition) is 1. The lowest BCUT2D eigenvalue weighted by atomic mass is 9.86. The Morgan fingerprint density at radius 3 is 1.79 bits per heavy atom. The first-order chi connectivity index (χ1) is 13.6. The van der Waals surface area contributed by atoms with E-state index in [1.807, 2.05) is 0 Å². The Labute approximate surface area is 185 Å². The minimum absolute atomic E-state index is 1.03. The molecule has 2 fully saturated rings. The van der Waals surface area contributed by atoms with Gasteiger partial charge in [-0.25, -0.2) is 0 Å². The van der Waals surface area contributed by atoms with Gasteiger partial charge in [0.05, 0.1) is 26.7 Å². The van der Waals surface area contributed by atoms with Crippen molar-refractivity contribution in [1.82, 2.24) is 4.90 Å². The van der Waals surface area contributed by atoms with Crippen LogP contribution in [-0.4, -0.2) is 61.5 Å². The Balaban J connectivity index is 1.44. The van der Waals surface area contributed by atoms with Crippen molar-refractivity contribution in [2.75, 3.05) is 52.1 Å². The van der Waals surface area contributed by atoms with Crippen LogP contribution in [0.25, 0.3) is 0 Å². The molecule has 2 heterocycles. The van der Waals surface area contributed by atoms with Crippen LogP contribution < -0.4 is 0 Å². The maximum atomic E-state index is 3.53. The van der Waals surface area contributed by atoms with Crippen LogP contribution in [0.5, 0.6) is 0 Å². The van der Waals surface area contributed by atoms with Gasteiger partial charge in [-0.05, 0) is 76.9 Å². The van der Waals surface area contributed by atoms with E-state index in [0.29, 0.717) is 0 Å². The smallest absolute Gasteiger partial charge is 0.0787 e. The molecular weight excluding hydrogens is 408 g/mol. The second kappa shape index (κ2) is 14.4. The molecule has 0 aromatic rings. The normalized spacial score (nSPS) is 27.3. The van der Waals surface area contributed by atoms with Crippen LogP contribution in [0.4, 0.5) is 0 Å². The molecule has 3 heteroatoms. The quantitative estimate of drug-likeness (QED) is 0.156. The molecule has 0 aromatic carbocycles. The molecule has 0 amide bonds. The van der Waals surface area contributed by atoms with Gasteiger partial charge in [-0.15, -0.1) is 0 Å². The predicted octanol–water partition coefficient (Wildman–Crippen LogP) is 6.87. The standard InChI is InChI=1S/C25H50BrN2/c1-27-19-14-24(15-20-27)12-11-13-25-16-22-28(2,23-17-25)21-10-8-6-4-3-5-7-9-18-26/h24-25H,3-23H2,1-2H3/q+1. The van der Waals surface area contributed by atoms with Crippen LogP contribution in [0, 0.1) is 11.8 Å². The van der Waals surface area contributed by atoms with Gasteiger partial charge in [-0.1, -0.05) is 67.3 Å². The first kappa shape index (κ1) is 24.7. The zero-order chi connectivity index (χ0) is 20.1. The molecule has 2 nitrogen and oxygen atoms in total. The van der Waals surface area contributed by atoms with Crippen LogP contribution in [0.3, 0.4) is 0 Å². The van der Waals surface area contributed by atoms with Crippen molar-refractivity contribution < 1.29 is 4.48 Å².